The lowest BCUT2D eigenvalue weighted by molar-refractivity contribution is -0.120. The Morgan fingerprint density at radius 1 is 0.939 bits per heavy atom. The number of unbranched alkanes of at least 4 members (excludes halogenated alkanes) is 1. The molecule has 0 fully saturated rings. The van der Waals surface area contributed by atoms with E-state index < -0.39 is 0 Å². The third-order valence-electron chi connectivity index (χ3n) is 5.44. The summed E-state index contributed by atoms with van der Waals surface area (Å²) in [5.74, 6) is 0.0665. The van der Waals surface area contributed by atoms with Crippen LogP contribution in [-0.4, -0.2) is 88.9 Å². The molecule has 2 aromatic rings. The highest BCUT2D eigenvalue weighted by atomic mass is 16.5. The van der Waals surface area contributed by atoms with Crippen LogP contribution in [0.2, 0.25) is 0 Å². The van der Waals surface area contributed by atoms with E-state index in [1.54, 1.807) is 18.3 Å². The minimum atomic E-state index is -0.0994. The van der Waals surface area contributed by atoms with E-state index in [1.807, 2.05) is 6.07 Å². The van der Waals surface area contributed by atoms with E-state index in [1.165, 1.54) is 10.1 Å². The first-order chi connectivity index (χ1) is 16.0. The number of aromatic nitrogens is 1. The highest BCUT2D eigenvalue weighted by molar-refractivity contribution is 5.92. The summed E-state index contributed by atoms with van der Waals surface area (Å²) in [7, 11) is 0. The number of hydroxylamine groups is 4. The lowest BCUT2D eigenvalue weighted by Crippen LogP contribution is -2.30. The predicted molar refractivity (Wildman–Crippen MR) is 128 cm³/mol. The first-order valence-electron chi connectivity index (χ1n) is 11.8. The van der Waals surface area contributed by atoms with Gasteiger partial charge in [-0.3, -0.25) is 4.79 Å². The van der Waals surface area contributed by atoms with Gasteiger partial charge in [-0.25, -0.2) is 0 Å². The first kappa shape index (κ1) is 27.0. The molecule has 1 aromatic carbocycles. The van der Waals surface area contributed by atoms with Crippen LogP contribution in [0.1, 0.15) is 37.7 Å². The molecule has 33 heavy (non-hydrogen) atoms. The van der Waals surface area contributed by atoms with Gasteiger partial charge in [-0.05, 0) is 69.4 Å². The lowest BCUT2D eigenvalue weighted by Gasteiger charge is -2.18. The highest BCUT2D eigenvalue weighted by Gasteiger charge is 2.11. The van der Waals surface area contributed by atoms with Crippen molar-refractivity contribution in [2.75, 3.05) is 52.4 Å². The topological polar surface area (TPSA) is 150 Å². The second-order valence-electron chi connectivity index (χ2n) is 8.25. The maximum absolute atomic E-state index is 12.2. The number of nitrogens with one attached hydrogen (secondary N) is 3. The SMILES string of the molecule is NCCCNCCCN(O)CCCN(O)CCCCNC(=O)Cc1c[nH]c2cccc(O)c12. The molecule has 1 aromatic heterocycles. The summed E-state index contributed by atoms with van der Waals surface area (Å²) in [6.07, 6.45) is 5.94. The zero-order valence-corrected chi connectivity index (χ0v) is 19.4. The molecule has 0 atom stereocenters. The fourth-order valence-corrected chi connectivity index (χ4v) is 3.65. The fourth-order valence-electron chi connectivity index (χ4n) is 3.65. The van der Waals surface area contributed by atoms with Crippen LogP contribution < -0.4 is 16.4 Å². The summed E-state index contributed by atoms with van der Waals surface area (Å²) >= 11 is 0. The molecule has 0 bridgehead atoms. The second kappa shape index (κ2) is 15.6. The van der Waals surface area contributed by atoms with Gasteiger partial charge in [-0.2, -0.15) is 10.1 Å². The van der Waals surface area contributed by atoms with Gasteiger partial charge < -0.3 is 36.9 Å². The number of aromatic amines is 1. The van der Waals surface area contributed by atoms with E-state index in [-0.39, 0.29) is 18.1 Å². The van der Waals surface area contributed by atoms with Gasteiger partial charge in [0, 0.05) is 49.8 Å². The minimum Gasteiger partial charge on any atom is -0.507 e. The Hall–Kier alpha value is -2.21. The summed E-state index contributed by atoms with van der Waals surface area (Å²) < 4.78 is 0. The van der Waals surface area contributed by atoms with Crippen molar-refractivity contribution < 1.29 is 20.3 Å². The number of nitrogens with two attached hydrogens (primary N) is 1. The van der Waals surface area contributed by atoms with E-state index in [2.05, 4.69) is 15.6 Å². The molecule has 2 rings (SSSR count). The van der Waals surface area contributed by atoms with Gasteiger partial charge in [0.1, 0.15) is 5.75 Å². The maximum atomic E-state index is 12.2. The molecule has 186 valence electrons. The summed E-state index contributed by atoms with van der Waals surface area (Å²) in [5.41, 5.74) is 7.01. The first-order valence-corrected chi connectivity index (χ1v) is 11.8. The molecule has 0 unspecified atom stereocenters. The van der Waals surface area contributed by atoms with E-state index in [9.17, 15) is 20.3 Å². The molecular formula is C23H40N6O4. The number of carbonyl (C=O) groups excluding carboxylic acids is 1. The number of rotatable bonds is 18. The molecule has 0 saturated carbocycles. The molecule has 0 aliphatic rings. The third kappa shape index (κ3) is 10.5. The number of nitrogens with zero attached hydrogens (tertiary/aromatic N) is 2. The Balaban J connectivity index is 1.48. The number of benzene rings is 1. The number of phenolic OH excluding ortho intramolecular Hbond substituents is 1. The summed E-state index contributed by atoms with van der Waals surface area (Å²) in [6.45, 7) is 5.08. The van der Waals surface area contributed by atoms with Crippen LogP contribution in [0, 0.1) is 0 Å². The van der Waals surface area contributed by atoms with Crippen LogP contribution in [0.5, 0.6) is 5.75 Å². The lowest BCUT2D eigenvalue weighted by atomic mass is 10.1. The van der Waals surface area contributed by atoms with Crippen LogP contribution in [-0.2, 0) is 11.2 Å². The third-order valence-corrected chi connectivity index (χ3v) is 5.44. The van der Waals surface area contributed by atoms with Gasteiger partial charge in [-0.15, -0.1) is 0 Å². The smallest absolute Gasteiger partial charge is 0.224 e. The summed E-state index contributed by atoms with van der Waals surface area (Å²) in [6, 6.07) is 5.23. The van der Waals surface area contributed by atoms with E-state index in [4.69, 9.17) is 5.73 Å². The van der Waals surface area contributed by atoms with E-state index in [0.717, 1.165) is 49.9 Å². The van der Waals surface area contributed by atoms with E-state index >= 15 is 0 Å². The molecule has 1 heterocycles. The summed E-state index contributed by atoms with van der Waals surface area (Å²) in [4.78, 5) is 15.3. The number of aromatic hydroxyl groups is 1. The van der Waals surface area contributed by atoms with E-state index in [0.29, 0.717) is 51.1 Å². The molecule has 0 radical (unpaired) electrons. The number of amides is 1. The van der Waals surface area contributed by atoms with Crippen molar-refractivity contribution in [3.05, 3.63) is 30.0 Å². The number of phenols is 1. The van der Waals surface area contributed by atoms with Crippen LogP contribution in [0.25, 0.3) is 10.9 Å². The van der Waals surface area contributed by atoms with Gasteiger partial charge in [0.15, 0.2) is 0 Å². The zero-order valence-electron chi connectivity index (χ0n) is 19.4. The van der Waals surface area contributed by atoms with Crippen LogP contribution >= 0.6 is 0 Å². The number of carbonyl (C=O) groups is 1. The second-order valence-corrected chi connectivity index (χ2v) is 8.25. The van der Waals surface area contributed by atoms with Crippen molar-refractivity contribution in [2.45, 2.75) is 38.5 Å². The van der Waals surface area contributed by atoms with Crippen molar-refractivity contribution in [2.24, 2.45) is 5.73 Å². The average Bonchev–Trinajstić information content (AvgIpc) is 3.20. The summed E-state index contributed by atoms with van der Waals surface area (Å²) in [5, 5.41) is 39.2. The normalized spacial score (nSPS) is 11.7. The number of fused-ring (bicyclic) bond motifs is 1. The van der Waals surface area contributed by atoms with Crippen molar-refractivity contribution in [3.8, 4) is 5.75 Å². The molecule has 8 N–H and O–H groups in total. The molecule has 0 saturated heterocycles. The molecule has 0 aliphatic carbocycles. The zero-order chi connectivity index (χ0) is 23.9. The van der Waals surface area contributed by atoms with Gasteiger partial charge in [0.05, 0.1) is 6.42 Å². The van der Waals surface area contributed by atoms with Crippen LogP contribution in [0.4, 0.5) is 0 Å². The largest absolute Gasteiger partial charge is 0.507 e. The molecular weight excluding hydrogens is 424 g/mol. The highest BCUT2D eigenvalue weighted by Crippen LogP contribution is 2.27. The molecule has 10 nitrogen and oxygen atoms in total. The van der Waals surface area contributed by atoms with Crippen molar-refractivity contribution >= 4 is 16.8 Å². The standard InChI is InChI=1S/C23H40N6O4/c24-9-4-10-25-11-5-14-29(33)16-6-15-28(32)13-2-1-12-26-22(31)17-19-18-27-20-7-3-8-21(30)23(19)20/h3,7-8,18,25,27,30,32-33H,1-2,4-6,9-17,24H2,(H,26,31). The van der Waals surface area contributed by atoms with Crippen molar-refractivity contribution in [1.29, 1.82) is 0 Å². The Morgan fingerprint density at radius 2 is 1.64 bits per heavy atom. The van der Waals surface area contributed by atoms with Gasteiger partial charge in [0.25, 0.3) is 0 Å². The number of hydrogen-bond donors (Lipinski definition) is 7. The average molecular weight is 465 g/mol. The van der Waals surface area contributed by atoms with Gasteiger partial charge in [-0.1, -0.05) is 6.07 Å². The van der Waals surface area contributed by atoms with Crippen molar-refractivity contribution in [3.63, 3.8) is 0 Å². The number of H-pyrrole nitrogens is 1. The Labute approximate surface area is 195 Å². The molecule has 0 aliphatic heterocycles. The molecule has 1 amide bonds. The molecule has 0 spiro atoms. The maximum Gasteiger partial charge on any atom is 0.224 e. The number of hydrogen-bond acceptors (Lipinski definition) is 8. The minimum absolute atomic E-state index is 0.0994. The monoisotopic (exact) mass is 464 g/mol. The van der Waals surface area contributed by atoms with Crippen molar-refractivity contribution in [1.82, 2.24) is 25.7 Å². The Bertz CT molecular complexity index is 815. The Kier molecular flexibility index (Phi) is 12.8. The van der Waals surface area contributed by atoms with Gasteiger partial charge in [0.2, 0.25) is 5.91 Å². The quantitative estimate of drug-likeness (QED) is 0.129. The van der Waals surface area contributed by atoms with Gasteiger partial charge >= 0.3 is 0 Å². The van der Waals surface area contributed by atoms with Crippen LogP contribution in [0.15, 0.2) is 24.4 Å². The fraction of sp³-hybridized carbons (Fsp3) is 0.609. The Morgan fingerprint density at radius 3 is 2.39 bits per heavy atom. The van der Waals surface area contributed by atoms with Crippen LogP contribution in [0.3, 0.4) is 0 Å². The molecule has 10 heteroatoms. The predicted octanol–water partition coefficient (Wildman–Crippen LogP) is 1.41.